The summed E-state index contributed by atoms with van der Waals surface area (Å²) in [6, 6.07) is 30.9. The lowest BCUT2D eigenvalue weighted by molar-refractivity contribution is -0.134. The number of likely N-dealkylation sites (tertiary alicyclic amines) is 2. The number of phenolic OH excluding ortho intramolecular Hbond substituents is 1. The Kier molecular flexibility index (Phi) is 12.8. The molecule has 5 aromatic rings. The molecule has 1 aromatic heterocycles. The van der Waals surface area contributed by atoms with E-state index in [4.69, 9.17) is 0 Å². The number of benzene rings is 4. The van der Waals surface area contributed by atoms with Gasteiger partial charge in [-0.2, -0.15) is 0 Å². The average Bonchev–Trinajstić information content (AvgIpc) is 3.24. The third-order valence-electron chi connectivity index (χ3n) is 11.4. The summed E-state index contributed by atoms with van der Waals surface area (Å²) in [6.07, 6.45) is 1.10. The topological polar surface area (TPSA) is 179 Å². The highest BCUT2D eigenvalue weighted by Crippen LogP contribution is 2.34. The van der Waals surface area contributed by atoms with Gasteiger partial charge in [0.1, 0.15) is 5.75 Å². The maximum Gasteiger partial charge on any atom is 0.412 e. The molecule has 58 heavy (non-hydrogen) atoms. The lowest BCUT2D eigenvalue weighted by Gasteiger charge is -2.38. The average molecular weight is 787 g/mol. The standard InChI is InChI=1S/C45H50N6O7/c52-39-16-14-36(37-15-17-41(54)48-43(37)39)40(53)29-46-28-30-10-12-33(13-11-30)47-44(56)32-18-26-50(27-19-32)42(55)22-25-49-23-20-34(21-24-49)51(45(57)58)38-9-5-4-8-35(38)31-6-2-1-3-7-31/h1-17,32,34,40,46,52-53H,18-29H2,(H,47,56)(H,48,54)(H,57,58)/t40-/m0/s1. The van der Waals surface area contributed by atoms with Crippen LogP contribution in [-0.2, 0) is 16.1 Å². The van der Waals surface area contributed by atoms with E-state index in [1.54, 1.807) is 12.1 Å². The summed E-state index contributed by atoms with van der Waals surface area (Å²) < 4.78 is 0. The zero-order valence-corrected chi connectivity index (χ0v) is 32.3. The number of amides is 3. The molecule has 2 saturated heterocycles. The zero-order valence-electron chi connectivity index (χ0n) is 32.3. The van der Waals surface area contributed by atoms with Crippen LogP contribution in [0, 0.1) is 5.92 Å². The van der Waals surface area contributed by atoms with Crippen molar-refractivity contribution in [2.24, 2.45) is 5.92 Å². The minimum Gasteiger partial charge on any atom is -0.506 e. The Morgan fingerprint density at radius 2 is 1.53 bits per heavy atom. The van der Waals surface area contributed by atoms with Gasteiger partial charge >= 0.3 is 6.09 Å². The SMILES string of the molecule is O=C(Nc1ccc(CNC[C@H](O)c2ccc(O)c3[nH]c(=O)ccc23)cc1)C1CCN(C(=O)CCN2CCC(N(C(=O)O)c3ccccc3-c3ccccc3)CC2)CC1. The van der Waals surface area contributed by atoms with Crippen molar-refractivity contribution < 1.29 is 29.7 Å². The van der Waals surface area contributed by atoms with Crippen LogP contribution in [0.3, 0.4) is 0 Å². The second-order valence-electron chi connectivity index (χ2n) is 15.1. The number of fused-ring (bicyclic) bond motifs is 1. The third kappa shape index (κ3) is 9.56. The largest absolute Gasteiger partial charge is 0.506 e. The fourth-order valence-electron chi connectivity index (χ4n) is 8.17. The summed E-state index contributed by atoms with van der Waals surface area (Å²) in [5.74, 6) is -0.234. The number of hydrogen-bond acceptors (Lipinski definition) is 8. The number of rotatable bonds is 13. The molecular weight excluding hydrogens is 737 g/mol. The number of aromatic nitrogens is 1. The Balaban J connectivity index is 0.814. The first-order valence-electron chi connectivity index (χ1n) is 19.9. The maximum absolute atomic E-state index is 13.2. The number of anilines is 2. The molecule has 0 spiro atoms. The number of aliphatic hydroxyl groups is 1. The molecule has 1 atom stereocenters. The monoisotopic (exact) mass is 786 g/mol. The first-order valence-corrected chi connectivity index (χ1v) is 19.9. The number of para-hydroxylation sites is 1. The molecule has 0 saturated carbocycles. The summed E-state index contributed by atoms with van der Waals surface area (Å²) in [5.41, 5.74) is 4.74. The second-order valence-corrected chi connectivity index (χ2v) is 15.1. The van der Waals surface area contributed by atoms with Crippen molar-refractivity contribution in [3.8, 4) is 16.9 Å². The highest BCUT2D eigenvalue weighted by molar-refractivity contribution is 5.94. The van der Waals surface area contributed by atoms with Gasteiger partial charge in [-0.25, -0.2) is 4.79 Å². The van der Waals surface area contributed by atoms with Crippen LogP contribution >= 0.6 is 0 Å². The molecule has 13 nitrogen and oxygen atoms in total. The van der Waals surface area contributed by atoms with E-state index in [2.05, 4.69) is 20.5 Å². The fraction of sp³-hybridized carbons (Fsp3) is 0.333. The number of carbonyl (C=O) groups is 3. The minimum atomic E-state index is -0.964. The van der Waals surface area contributed by atoms with E-state index in [-0.39, 0.29) is 47.1 Å². The number of hydrogen-bond donors (Lipinski definition) is 6. The van der Waals surface area contributed by atoms with Crippen molar-refractivity contribution in [1.29, 1.82) is 0 Å². The number of phenols is 1. The molecule has 7 rings (SSSR count). The molecule has 13 heteroatoms. The molecule has 6 N–H and O–H groups in total. The van der Waals surface area contributed by atoms with Crippen LogP contribution in [0.2, 0.25) is 0 Å². The van der Waals surface area contributed by atoms with Gasteiger partial charge in [0.05, 0.1) is 17.3 Å². The van der Waals surface area contributed by atoms with Crippen LogP contribution in [0.1, 0.15) is 49.3 Å². The van der Waals surface area contributed by atoms with Crippen LogP contribution in [0.15, 0.2) is 108 Å². The summed E-state index contributed by atoms with van der Waals surface area (Å²) >= 11 is 0. The van der Waals surface area contributed by atoms with E-state index in [1.807, 2.05) is 83.8 Å². The van der Waals surface area contributed by atoms with Crippen LogP contribution in [0.25, 0.3) is 22.0 Å². The van der Waals surface area contributed by atoms with E-state index in [9.17, 15) is 34.5 Å². The first-order chi connectivity index (χ1) is 28.1. The van der Waals surface area contributed by atoms with E-state index in [1.165, 1.54) is 17.0 Å². The van der Waals surface area contributed by atoms with Gasteiger partial charge in [-0.3, -0.25) is 19.3 Å². The molecule has 302 valence electrons. The van der Waals surface area contributed by atoms with Crippen molar-refractivity contribution in [2.75, 3.05) is 49.5 Å². The van der Waals surface area contributed by atoms with Crippen LogP contribution in [0.4, 0.5) is 16.2 Å². The van der Waals surface area contributed by atoms with Gasteiger partial charge in [0, 0.05) is 86.9 Å². The lowest BCUT2D eigenvalue weighted by atomic mass is 9.95. The number of pyridine rings is 1. The summed E-state index contributed by atoms with van der Waals surface area (Å²) in [7, 11) is 0. The number of aliphatic hydroxyl groups excluding tert-OH is 1. The Hall–Kier alpha value is -6.02. The minimum absolute atomic E-state index is 0.0595. The number of nitrogens with one attached hydrogen (secondary N) is 3. The Morgan fingerprint density at radius 1 is 0.828 bits per heavy atom. The van der Waals surface area contributed by atoms with Crippen molar-refractivity contribution in [1.82, 2.24) is 20.1 Å². The summed E-state index contributed by atoms with van der Waals surface area (Å²) in [4.78, 5) is 58.8. The van der Waals surface area contributed by atoms with Gasteiger partial charge < -0.3 is 40.7 Å². The van der Waals surface area contributed by atoms with Gasteiger partial charge in [-0.15, -0.1) is 0 Å². The van der Waals surface area contributed by atoms with Gasteiger partial charge in [0.2, 0.25) is 17.4 Å². The van der Waals surface area contributed by atoms with Gasteiger partial charge in [0.25, 0.3) is 0 Å². The van der Waals surface area contributed by atoms with Crippen molar-refractivity contribution >= 4 is 40.2 Å². The predicted octanol–water partition coefficient (Wildman–Crippen LogP) is 5.94. The number of aromatic hydroxyl groups is 1. The molecule has 0 bridgehead atoms. The Labute approximate surface area is 336 Å². The molecule has 4 aromatic carbocycles. The number of piperidine rings is 2. The highest BCUT2D eigenvalue weighted by Gasteiger charge is 2.32. The molecule has 3 heterocycles. The Morgan fingerprint density at radius 3 is 2.26 bits per heavy atom. The van der Waals surface area contributed by atoms with Gasteiger partial charge in [0.15, 0.2) is 0 Å². The highest BCUT2D eigenvalue weighted by atomic mass is 16.4. The number of carbonyl (C=O) groups excluding carboxylic acids is 2. The van der Waals surface area contributed by atoms with E-state index < -0.39 is 12.2 Å². The lowest BCUT2D eigenvalue weighted by Crippen LogP contribution is -2.48. The molecular formula is C45H50N6O7. The molecule has 0 aliphatic carbocycles. The zero-order chi connectivity index (χ0) is 40.6. The van der Waals surface area contributed by atoms with E-state index in [0.29, 0.717) is 93.7 Å². The molecule has 3 amide bonds. The molecule has 0 unspecified atom stereocenters. The van der Waals surface area contributed by atoms with Gasteiger partial charge in [-0.05, 0) is 72.7 Å². The van der Waals surface area contributed by atoms with Crippen molar-refractivity contribution in [2.45, 2.75) is 50.8 Å². The number of H-pyrrole nitrogens is 1. The maximum atomic E-state index is 13.2. The smallest absolute Gasteiger partial charge is 0.412 e. The quantitative estimate of drug-likeness (QED) is 0.0843. The summed E-state index contributed by atoms with van der Waals surface area (Å²) in [5, 5.41) is 38.1. The van der Waals surface area contributed by atoms with Crippen molar-refractivity contribution in [3.05, 3.63) is 125 Å². The van der Waals surface area contributed by atoms with Crippen molar-refractivity contribution in [3.63, 3.8) is 0 Å². The normalized spacial score (nSPS) is 15.9. The van der Waals surface area contributed by atoms with E-state index >= 15 is 0 Å². The number of aromatic amines is 1. The molecule has 2 aliphatic rings. The van der Waals surface area contributed by atoms with E-state index in [0.717, 1.165) is 16.7 Å². The molecule has 0 radical (unpaired) electrons. The van der Waals surface area contributed by atoms with Crippen LogP contribution < -0.4 is 21.1 Å². The fourth-order valence-corrected chi connectivity index (χ4v) is 8.17. The Bertz CT molecular complexity index is 2270. The first kappa shape index (κ1) is 40.2. The second kappa shape index (κ2) is 18.5. The van der Waals surface area contributed by atoms with Gasteiger partial charge in [-0.1, -0.05) is 66.7 Å². The molecule has 2 aliphatic heterocycles. The van der Waals surface area contributed by atoms with Crippen LogP contribution in [0.5, 0.6) is 5.75 Å². The predicted molar refractivity (Wildman–Crippen MR) is 224 cm³/mol. The third-order valence-corrected chi connectivity index (χ3v) is 11.4. The molecule has 2 fully saturated rings. The number of carboxylic acid groups (broad SMARTS) is 1. The summed E-state index contributed by atoms with van der Waals surface area (Å²) in [6.45, 7) is 3.82. The number of nitrogens with zero attached hydrogens (tertiary/aromatic N) is 3. The van der Waals surface area contributed by atoms with Crippen LogP contribution in [-0.4, -0.2) is 93.3 Å².